The SMILES string of the molecule is CCc1nc2c(C)cc(C)nc2n1Cc1ccc2c(-c3ccccc3OC(N)=O)oc(Br)c2c1. The van der Waals surface area contributed by atoms with E-state index in [4.69, 9.17) is 24.9 Å². The summed E-state index contributed by atoms with van der Waals surface area (Å²) in [4.78, 5) is 21.0. The molecule has 5 aromatic rings. The number of benzene rings is 2. The summed E-state index contributed by atoms with van der Waals surface area (Å²) in [5.41, 5.74) is 10.9. The number of carbonyl (C=O) groups excluding carboxylic acids is 1. The molecule has 0 aliphatic carbocycles. The van der Waals surface area contributed by atoms with Gasteiger partial charge >= 0.3 is 6.09 Å². The highest BCUT2D eigenvalue weighted by Gasteiger charge is 2.19. The predicted octanol–water partition coefficient (Wildman–Crippen LogP) is 6.29. The van der Waals surface area contributed by atoms with Crippen molar-refractivity contribution in [2.75, 3.05) is 0 Å². The number of imidazole rings is 1. The van der Waals surface area contributed by atoms with Crippen LogP contribution in [0.3, 0.4) is 0 Å². The highest BCUT2D eigenvalue weighted by atomic mass is 79.9. The molecule has 3 aromatic heterocycles. The van der Waals surface area contributed by atoms with E-state index in [1.165, 1.54) is 0 Å². The van der Waals surface area contributed by atoms with Gasteiger partial charge in [-0.1, -0.05) is 31.2 Å². The Labute approximate surface area is 204 Å². The Balaban J connectivity index is 1.59. The molecule has 7 nitrogen and oxygen atoms in total. The van der Waals surface area contributed by atoms with Crippen LogP contribution in [0.5, 0.6) is 5.75 Å². The zero-order valence-corrected chi connectivity index (χ0v) is 20.6. The first-order chi connectivity index (χ1) is 16.4. The normalized spacial score (nSPS) is 11.4. The summed E-state index contributed by atoms with van der Waals surface area (Å²) in [6.45, 7) is 6.82. The lowest BCUT2D eigenvalue weighted by Crippen LogP contribution is -2.16. The quantitative estimate of drug-likeness (QED) is 0.294. The lowest BCUT2D eigenvalue weighted by molar-refractivity contribution is 0.211. The zero-order chi connectivity index (χ0) is 24.0. The van der Waals surface area contributed by atoms with Crippen LogP contribution in [-0.4, -0.2) is 20.6 Å². The molecule has 0 bridgehead atoms. The van der Waals surface area contributed by atoms with Crippen molar-refractivity contribution < 1.29 is 13.9 Å². The molecule has 0 spiro atoms. The van der Waals surface area contributed by atoms with Crippen molar-refractivity contribution in [1.82, 2.24) is 14.5 Å². The number of rotatable bonds is 5. The summed E-state index contributed by atoms with van der Waals surface area (Å²) in [5, 5.41) is 1.82. The van der Waals surface area contributed by atoms with Crippen LogP contribution in [-0.2, 0) is 13.0 Å². The fourth-order valence-corrected chi connectivity index (χ4v) is 4.86. The summed E-state index contributed by atoms with van der Waals surface area (Å²) < 4.78 is 14.0. The van der Waals surface area contributed by atoms with Crippen LogP contribution < -0.4 is 10.5 Å². The van der Waals surface area contributed by atoms with Gasteiger partial charge in [0.1, 0.15) is 22.9 Å². The largest absolute Gasteiger partial charge is 0.448 e. The minimum absolute atomic E-state index is 0.344. The van der Waals surface area contributed by atoms with Crippen LogP contribution in [0.15, 0.2) is 57.6 Å². The van der Waals surface area contributed by atoms with Crippen LogP contribution in [0.4, 0.5) is 4.79 Å². The molecule has 34 heavy (non-hydrogen) atoms. The van der Waals surface area contributed by atoms with E-state index >= 15 is 0 Å². The van der Waals surface area contributed by atoms with Gasteiger partial charge in [0.25, 0.3) is 0 Å². The fourth-order valence-electron chi connectivity index (χ4n) is 4.37. The highest BCUT2D eigenvalue weighted by molar-refractivity contribution is 9.10. The smallest absolute Gasteiger partial charge is 0.409 e. The molecule has 0 atom stereocenters. The maximum atomic E-state index is 11.4. The van der Waals surface area contributed by atoms with E-state index in [0.29, 0.717) is 28.3 Å². The van der Waals surface area contributed by atoms with Crippen molar-refractivity contribution in [1.29, 1.82) is 0 Å². The Morgan fingerprint density at radius 1 is 1.12 bits per heavy atom. The number of nitrogens with two attached hydrogens (primary N) is 1. The van der Waals surface area contributed by atoms with E-state index in [2.05, 4.69) is 52.5 Å². The van der Waals surface area contributed by atoms with Crippen LogP contribution in [0, 0.1) is 13.8 Å². The number of hydrogen-bond acceptors (Lipinski definition) is 5. The van der Waals surface area contributed by atoms with Gasteiger partial charge in [0.15, 0.2) is 10.3 Å². The van der Waals surface area contributed by atoms with Crippen molar-refractivity contribution in [3.63, 3.8) is 0 Å². The fraction of sp³-hybridized carbons (Fsp3) is 0.192. The van der Waals surface area contributed by atoms with E-state index in [1.807, 2.05) is 25.1 Å². The summed E-state index contributed by atoms with van der Waals surface area (Å²) in [5.74, 6) is 1.94. The summed E-state index contributed by atoms with van der Waals surface area (Å²) in [7, 11) is 0. The molecule has 2 aromatic carbocycles. The average molecular weight is 519 g/mol. The molecule has 3 heterocycles. The van der Waals surface area contributed by atoms with Gasteiger partial charge in [0, 0.05) is 22.9 Å². The van der Waals surface area contributed by atoms with Gasteiger partial charge in [-0.25, -0.2) is 14.8 Å². The predicted molar refractivity (Wildman–Crippen MR) is 135 cm³/mol. The van der Waals surface area contributed by atoms with Gasteiger partial charge in [0.05, 0.1) is 12.1 Å². The van der Waals surface area contributed by atoms with Crippen LogP contribution in [0.1, 0.15) is 29.6 Å². The number of carbonyl (C=O) groups is 1. The van der Waals surface area contributed by atoms with Gasteiger partial charge in [-0.2, -0.15) is 0 Å². The van der Waals surface area contributed by atoms with Crippen molar-refractivity contribution in [2.24, 2.45) is 5.73 Å². The molecule has 0 aliphatic rings. The maximum absolute atomic E-state index is 11.4. The summed E-state index contributed by atoms with van der Waals surface area (Å²) in [6.07, 6.45) is -0.0594. The Kier molecular flexibility index (Phi) is 5.61. The third-order valence-electron chi connectivity index (χ3n) is 5.83. The zero-order valence-electron chi connectivity index (χ0n) is 19.1. The molecule has 8 heteroatoms. The van der Waals surface area contributed by atoms with Crippen molar-refractivity contribution >= 4 is 44.0 Å². The Morgan fingerprint density at radius 3 is 2.68 bits per heavy atom. The Hall–Kier alpha value is -3.65. The van der Waals surface area contributed by atoms with Crippen LogP contribution in [0.25, 0.3) is 33.3 Å². The number of primary amides is 1. The number of fused-ring (bicyclic) bond motifs is 2. The first-order valence-electron chi connectivity index (χ1n) is 11.0. The van der Waals surface area contributed by atoms with Crippen molar-refractivity contribution in [3.8, 4) is 17.1 Å². The molecule has 0 saturated heterocycles. The monoisotopic (exact) mass is 518 g/mol. The number of aryl methyl sites for hydroxylation is 3. The summed E-state index contributed by atoms with van der Waals surface area (Å²) in [6, 6.07) is 15.4. The molecule has 172 valence electrons. The van der Waals surface area contributed by atoms with E-state index < -0.39 is 6.09 Å². The number of pyridine rings is 1. The van der Waals surface area contributed by atoms with E-state index in [9.17, 15) is 4.79 Å². The van der Waals surface area contributed by atoms with Crippen molar-refractivity contribution in [2.45, 2.75) is 33.7 Å². The molecule has 0 unspecified atom stereocenters. The third-order valence-corrected chi connectivity index (χ3v) is 6.42. The van der Waals surface area contributed by atoms with Gasteiger partial charge in [0.2, 0.25) is 0 Å². The molecule has 0 radical (unpaired) electrons. The molecular formula is C26H23BrN4O3. The summed E-state index contributed by atoms with van der Waals surface area (Å²) >= 11 is 3.56. The number of halogens is 1. The second-order valence-electron chi connectivity index (χ2n) is 8.22. The minimum Gasteiger partial charge on any atom is -0.448 e. The molecule has 1 amide bonds. The molecule has 0 saturated carbocycles. The highest BCUT2D eigenvalue weighted by Crippen LogP contribution is 2.41. The standard InChI is InChI=1S/C26H23BrN4O3/c1-4-21-30-22-14(2)11-15(3)29-25(22)31(21)13-16-9-10-17-19(12-16)24(27)34-23(17)18-7-5-6-8-20(18)33-26(28)32/h5-12H,4,13H2,1-3H3,(H2,28,32). The lowest BCUT2D eigenvalue weighted by Gasteiger charge is -2.09. The van der Waals surface area contributed by atoms with E-state index in [1.54, 1.807) is 12.1 Å². The number of furan rings is 1. The Bertz CT molecular complexity index is 1570. The third kappa shape index (κ3) is 3.84. The lowest BCUT2D eigenvalue weighted by atomic mass is 10.0. The van der Waals surface area contributed by atoms with Crippen LogP contribution >= 0.6 is 15.9 Å². The molecule has 0 fully saturated rings. The molecule has 5 rings (SSSR count). The van der Waals surface area contributed by atoms with E-state index in [0.717, 1.165) is 51.0 Å². The topological polar surface area (TPSA) is 96.2 Å². The number of para-hydroxylation sites is 1. The average Bonchev–Trinajstić information content (AvgIpc) is 3.31. The van der Waals surface area contributed by atoms with Crippen molar-refractivity contribution in [3.05, 3.63) is 75.8 Å². The second-order valence-corrected chi connectivity index (χ2v) is 8.94. The molecule has 0 aliphatic heterocycles. The molecular weight excluding hydrogens is 496 g/mol. The minimum atomic E-state index is -0.872. The first kappa shape index (κ1) is 22.2. The number of aromatic nitrogens is 3. The van der Waals surface area contributed by atoms with E-state index in [-0.39, 0.29) is 0 Å². The number of amides is 1. The van der Waals surface area contributed by atoms with Gasteiger partial charge in [-0.3, -0.25) is 0 Å². The van der Waals surface area contributed by atoms with Gasteiger partial charge < -0.3 is 19.5 Å². The van der Waals surface area contributed by atoms with Crippen LogP contribution in [0.2, 0.25) is 0 Å². The van der Waals surface area contributed by atoms with Gasteiger partial charge in [-0.05, 0) is 65.2 Å². The molecule has 2 N–H and O–H groups in total. The Morgan fingerprint density at radius 2 is 1.91 bits per heavy atom. The number of nitrogens with zero attached hydrogens (tertiary/aromatic N) is 3. The second kappa shape index (κ2) is 8.61. The van der Waals surface area contributed by atoms with Gasteiger partial charge in [-0.15, -0.1) is 0 Å². The number of ether oxygens (including phenoxy) is 1. The maximum Gasteiger partial charge on any atom is 0.409 e. The first-order valence-corrected chi connectivity index (χ1v) is 11.8. The number of hydrogen-bond donors (Lipinski definition) is 1.